The van der Waals surface area contributed by atoms with Crippen LogP contribution in [0.4, 0.5) is 8.78 Å². The van der Waals surface area contributed by atoms with E-state index in [0.717, 1.165) is 56.0 Å². The van der Waals surface area contributed by atoms with Crippen molar-refractivity contribution in [3.8, 4) is 0 Å². The van der Waals surface area contributed by atoms with Gasteiger partial charge in [0.25, 0.3) is 6.43 Å². The normalized spacial score (nSPS) is 18.3. The predicted octanol–water partition coefficient (Wildman–Crippen LogP) is 6.13. The molecule has 4 N–H and O–H groups in total. The zero-order chi connectivity index (χ0) is 26.7. The van der Waals surface area contributed by atoms with Gasteiger partial charge in [-0.1, -0.05) is 31.0 Å². The van der Waals surface area contributed by atoms with Gasteiger partial charge in [-0.05, 0) is 70.8 Å². The maximum atomic E-state index is 13.0. The Morgan fingerprint density at radius 1 is 1.36 bits per heavy atom. The fourth-order valence-corrected chi connectivity index (χ4v) is 6.20. The average molecular weight is 560 g/mol. The summed E-state index contributed by atoms with van der Waals surface area (Å²) in [6.45, 7) is 14.1. The zero-order valence-corrected chi connectivity index (χ0v) is 23.9. The summed E-state index contributed by atoms with van der Waals surface area (Å²) in [5, 5.41) is 18.5. The molecule has 7 nitrogen and oxygen atoms in total. The summed E-state index contributed by atoms with van der Waals surface area (Å²) >= 11 is 8.52. The number of thioether (sulfide) groups is 1. The monoisotopic (exact) mass is 559 g/mol. The molecule has 200 valence electrons. The first-order chi connectivity index (χ1) is 16.9. The molecular formula is C24H36ClF2N7S2. The average Bonchev–Trinajstić information content (AvgIpc) is 3.39. The standard InChI is InChI=1S/C24H36ClF2N7S2/c1-6-8-23(4,5)32-36-15(3)11-34-17(16(7-2)33-13-24(14-33)9-10-30-12-24)18(25)31-22(34)21(29)35-20(28)19(26)27/h7,11,19,28-30,32H,6,8-10,12-14H2,1-5H3/b15-11+,16-7+,28-20?,29-21?. The first-order valence-electron chi connectivity index (χ1n) is 12.1. The number of imidazole rings is 1. The molecule has 2 saturated heterocycles. The molecule has 3 rings (SSSR count). The molecule has 0 atom stereocenters. The van der Waals surface area contributed by atoms with Gasteiger partial charge in [-0.2, -0.15) is 0 Å². The van der Waals surface area contributed by atoms with E-state index in [2.05, 4.69) is 40.7 Å². The number of alkyl halides is 2. The third-order valence-electron chi connectivity index (χ3n) is 6.40. The van der Waals surface area contributed by atoms with Crippen molar-refractivity contribution in [3.05, 3.63) is 27.7 Å². The van der Waals surface area contributed by atoms with Crippen LogP contribution in [0.25, 0.3) is 11.9 Å². The quantitative estimate of drug-likeness (QED) is 0.157. The number of hydrogen-bond donors (Lipinski definition) is 4. The number of hydrogen-bond acceptors (Lipinski definition) is 8. The molecule has 0 aromatic carbocycles. The van der Waals surface area contributed by atoms with E-state index in [4.69, 9.17) is 22.4 Å². The third-order valence-corrected chi connectivity index (χ3v) is 8.53. The minimum absolute atomic E-state index is 0.0720. The number of aromatic nitrogens is 2. The maximum absolute atomic E-state index is 13.0. The van der Waals surface area contributed by atoms with Crippen molar-refractivity contribution in [2.75, 3.05) is 26.2 Å². The van der Waals surface area contributed by atoms with Crippen molar-refractivity contribution in [2.24, 2.45) is 5.41 Å². The lowest BCUT2D eigenvalue weighted by Crippen LogP contribution is -2.56. The molecule has 3 heterocycles. The van der Waals surface area contributed by atoms with Crippen molar-refractivity contribution < 1.29 is 8.78 Å². The first-order valence-corrected chi connectivity index (χ1v) is 14.1. The summed E-state index contributed by atoms with van der Waals surface area (Å²) < 4.78 is 31.2. The van der Waals surface area contributed by atoms with Gasteiger partial charge in [-0.15, -0.1) is 0 Å². The van der Waals surface area contributed by atoms with Crippen molar-refractivity contribution in [1.82, 2.24) is 24.5 Å². The van der Waals surface area contributed by atoms with E-state index in [0.29, 0.717) is 17.5 Å². The molecule has 0 saturated carbocycles. The van der Waals surface area contributed by atoms with Crippen LogP contribution in [0.3, 0.4) is 0 Å². The Bertz CT molecular complexity index is 1040. The van der Waals surface area contributed by atoms with Crippen LogP contribution in [0.1, 0.15) is 65.4 Å². The van der Waals surface area contributed by atoms with Crippen LogP contribution in [-0.4, -0.2) is 62.7 Å². The van der Waals surface area contributed by atoms with E-state index in [1.54, 1.807) is 4.57 Å². The SMILES string of the molecule is C/C=C(\c1c(Cl)nc(C(=N)SC(=N)C(F)F)n1/C=C(\C)SNC(C)(C)CCC)N1CC2(CCNC2)C1. The molecule has 0 aliphatic carbocycles. The fraction of sp³-hybridized carbons (Fsp3) is 0.625. The van der Waals surface area contributed by atoms with Gasteiger partial charge in [0.05, 0.1) is 5.70 Å². The highest BCUT2D eigenvalue weighted by Crippen LogP contribution is 2.42. The van der Waals surface area contributed by atoms with Crippen LogP contribution < -0.4 is 10.0 Å². The van der Waals surface area contributed by atoms with Gasteiger partial charge >= 0.3 is 0 Å². The Balaban J connectivity index is 1.96. The van der Waals surface area contributed by atoms with Gasteiger partial charge in [0.15, 0.2) is 11.0 Å². The number of likely N-dealkylation sites (tertiary alicyclic amines) is 1. The second kappa shape index (κ2) is 12.0. The van der Waals surface area contributed by atoms with E-state index in [9.17, 15) is 8.78 Å². The molecule has 2 aliphatic rings. The van der Waals surface area contributed by atoms with Gasteiger partial charge in [0, 0.05) is 41.7 Å². The molecule has 0 bridgehead atoms. The Labute approximate surface area is 226 Å². The highest BCUT2D eigenvalue weighted by atomic mass is 35.5. The van der Waals surface area contributed by atoms with Crippen LogP contribution in [0, 0.1) is 16.2 Å². The highest BCUT2D eigenvalue weighted by Gasteiger charge is 2.46. The van der Waals surface area contributed by atoms with E-state index >= 15 is 0 Å². The molecule has 1 aromatic rings. The van der Waals surface area contributed by atoms with Crippen molar-refractivity contribution in [3.63, 3.8) is 0 Å². The van der Waals surface area contributed by atoms with E-state index in [1.807, 2.05) is 26.1 Å². The molecule has 0 radical (unpaired) electrons. The van der Waals surface area contributed by atoms with Crippen molar-refractivity contribution in [1.29, 1.82) is 10.8 Å². The van der Waals surface area contributed by atoms with E-state index < -0.39 is 11.5 Å². The Morgan fingerprint density at radius 2 is 2.06 bits per heavy atom. The summed E-state index contributed by atoms with van der Waals surface area (Å²) in [5.41, 5.74) is 1.71. The van der Waals surface area contributed by atoms with Crippen LogP contribution >= 0.6 is 35.3 Å². The second-order valence-corrected chi connectivity index (χ2v) is 12.5. The van der Waals surface area contributed by atoms with Crippen molar-refractivity contribution in [2.45, 2.75) is 65.8 Å². The summed E-state index contributed by atoms with van der Waals surface area (Å²) in [5.74, 6) is 0.135. The number of allylic oxidation sites excluding steroid dienone is 2. The first kappa shape index (κ1) is 29.2. The Morgan fingerprint density at radius 3 is 2.61 bits per heavy atom. The fourth-order valence-electron chi connectivity index (χ4n) is 4.69. The number of rotatable bonds is 10. The largest absolute Gasteiger partial charge is 0.369 e. The molecule has 1 aromatic heterocycles. The summed E-state index contributed by atoms with van der Waals surface area (Å²) in [6, 6.07) is 0. The summed E-state index contributed by atoms with van der Waals surface area (Å²) in [6.07, 6.45) is 4.05. The lowest BCUT2D eigenvalue weighted by molar-refractivity contribution is 0.0699. The number of nitrogens with zero attached hydrogens (tertiary/aromatic N) is 3. The van der Waals surface area contributed by atoms with Crippen LogP contribution in [0.5, 0.6) is 0 Å². The molecule has 12 heteroatoms. The molecule has 2 aliphatic heterocycles. The van der Waals surface area contributed by atoms with Gasteiger partial charge in [0.1, 0.15) is 15.8 Å². The molecule has 36 heavy (non-hydrogen) atoms. The number of nitrogens with one attached hydrogen (secondary N) is 4. The smallest absolute Gasteiger partial charge is 0.285 e. The summed E-state index contributed by atoms with van der Waals surface area (Å²) in [7, 11) is 0. The maximum Gasteiger partial charge on any atom is 0.285 e. The lowest BCUT2D eigenvalue weighted by atomic mass is 9.78. The molecule has 2 fully saturated rings. The van der Waals surface area contributed by atoms with Crippen molar-refractivity contribution >= 4 is 57.3 Å². The Kier molecular flexibility index (Phi) is 9.70. The molecule has 0 amide bonds. The van der Waals surface area contributed by atoms with Gasteiger partial charge in [0.2, 0.25) is 0 Å². The lowest BCUT2D eigenvalue weighted by Gasteiger charge is -2.50. The Hall–Kier alpha value is -1.40. The zero-order valence-electron chi connectivity index (χ0n) is 21.5. The van der Waals surface area contributed by atoms with Gasteiger partial charge < -0.3 is 10.2 Å². The van der Waals surface area contributed by atoms with Gasteiger partial charge in [-0.3, -0.25) is 20.1 Å². The predicted molar refractivity (Wildman–Crippen MR) is 150 cm³/mol. The molecule has 1 spiro atoms. The second-order valence-electron chi connectivity index (χ2n) is 10.1. The molecular weight excluding hydrogens is 524 g/mol. The third kappa shape index (κ3) is 6.72. The van der Waals surface area contributed by atoms with E-state index in [1.165, 1.54) is 11.9 Å². The molecule has 0 unspecified atom stereocenters. The highest BCUT2D eigenvalue weighted by molar-refractivity contribution is 8.26. The minimum atomic E-state index is -2.95. The number of halogens is 3. The topological polar surface area (TPSA) is 92.8 Å². The van der Waals surface area contributed by atoms with Crippen LogP contribution in [-0.2, 0) is 0 Å². The minimum Gasteiger partial charge on any atom is -0.369 e. The van der Waals surface area contributed by atoms with Crippen LogP contribution in [0.15, 0.2) is 11.0 Å². The van der Waals surface area contributed by atoms with Crippen LogP contribution in [0.2, 0.25) is 5.15 Å². The summed E-state index contributed by atoms with van der Waals surface area (Å²) in [4.78, 5) is 7.55. The van der Waals surface area contributed by atoms with E-state index in [-0.39, 0.29) is 27.0 Å². The van der Waals surface area contributed by atoms with Gasteiger partial charge in [-0.25, -0.2) is 13.8 Å².